The van der Waals surface area contributed by atoms with Gasteiger partial charge in [-0.25, -0.2) is 4.39 Å². The monoisotopic (exact) mass is 189 g/mol. The van der Waals surface area contributed by atoms with Crippen molar-refractivity contribution in [2.75, 3.05) is 6.54 Å². The standard InChI is InChI=1S/C11H8FNO/c12-9-6-10(14)11(13-7-9)8-4-2-1-3-5-8/h1-6H,7H2. The smallest absolute Gasteiger partial charge is 0.206 e. The van der Waals surface area contributed by atoms with Gasteiger partial charge in [-0.1, -0.05) is 30.3 Å². The van der Waals surface area contributed by atoms with Gasteiger partial charge in [-0.3, -0.25) is 9.79 Å². The van der Waals surface area contributed by atoms with Crippen molar-refractivity contribution in [1.29, 1.82) is 0 Å². The summed E-state index contributed by atoms with van der Waals surface area (Å²) in [7, 11) is 0. The van der Waals surface area contributed by atoms with Gasteiger partial charge in [-0.2, -0.15) is 0 Å². The summed E-state index contributed by atoms with van der Waals surface area (Å²) in [5.74, 6) is -0.838. The third-order valence-electron chi connectivity index (χ3n) is 1.96. The number of carbonyl (C=O) groups excluding carboxylic acids is 1. The van der Waals surface area contributed by atoms with Crippen LogP contribution in [-0.4, -0.2) is 18.0 Å². The summed E-state index contributed by atoms with van der Waals surface area (Å²) < 4.78 is 12.7. The van der Waals surface area contributed by atoms with Gasteiger partial charge in [0.2, 0.25) is 5.78 Å². The summed E-state index contributed by atoms with van der Waals surface area (Å²) in [4.78, 5) is 15.2. The lowest BCUT2D eigenvalue weighted by molar-refractivity contribution is -0.109. The highest BCUT2D eigenvalue weighted by molar-refractivity contribution is 6.50. The molecule has 14 heavy (non-hydrogen) atoms. The van der Waals surface area contributed by atoms with Crippen molar-refractivity contribution in [2.24, 2.45) is 4.99 Å². The maximum absolute atomic E-state index is 12.7. The van der Waals surface area contributed by atoms with E-state index in [1.807, 2.05) is 18.2 Å². The molecule has 3 heteroatoms. The van der Waals surface area contributed by atoms with Crippen LogP contribution in [-0.2, 0) is 4.79 Å². The van der Waals surface area contributed by atoms with E-state index in [1.54, 1.807) is 12.1 Å². The molecule has 0 radical (unpaired) electrons. The number of nitrogens with zero attached hydrogens (tertiary/aromatic N) is 1. The molecule has 0 atom stereocenters. The number of hydrogen-bond acceptors (Lipinski definition) is 2. The van der Waals surface area contributed by atoms with Gasteiger partial charge in [0.05, 0.1) is 6.54 Å². The summed E-state index contributed by atoms with van der Waals surface area (Å²) >= 11 is 0. The molecule has 1 heterocycles. The Labute approximate surface area is 80.8 Å². The van der Waals surface area contributed by atoms with Crippen molar-refractivity contribution in [2.45, 2.75) is 0 Å². The Morgan fingerprint density at radius 2 is 1.93 bits per heavy atom. The zero-order valence-electron chi connectivity index (χ0n) is 7.40. The first-order chi connectivity index (χ1) is 6.77. The third-order valence-corrected chi connectivity index (χ3v) is 1.96. The van der Waals surface area contributed by atoms with Gasteiger partial charge in [-0.15, -0.1) is 0 Å². The van der Waals surface area contributed by atoms with E-state index in [0.29, 0.717) is 5.71 Å². The Kier molecular flexibility index (Phi) is 2.23. The van der Waals surface area contributed by atoms with Gasteiger partial charge in [0.1, 0.15) is 11.5 Å². The summed E-state index contributed by atoms with van der Waals surface area (Å²) in [6, 6.07) is 9.06. The van der Waals surface area contributed by atoms with E-state index >= 15 is 0 Å². The Balaban J connectivity index is 2.34. The van der Waals surface area contributed by atoms with Crippen LogP contribution in [0.25, 0.3) is 0 Å². The molecular weight excluding hydrogens is 181 g/mol. The summed E-state index contributed by atoms with van der Waals surface area (Å²) in [5, 5.41) is 0. The maximum atomic E-state index is 12.7. The fraction of sp³-hybridized carbons (Fsp3) is 0.0909. The van der Waals surface area contributed by atoms with Gasteiger partial charge in [0, 0.05) is 11.6 Å². The zero-order chi connectivity index (χ0) is 9.97. The molecule has 2 rings (SSSR count). The quantitative estimate of drug-likeness (QED) is 0.663. The Hall–Kier alpha value is -1.77. The first kappa shape index (κ1) is 8.81. The maximum Gasteiger partial charge on any atom is 0.206 e. The van der Waals surface area contributed by atoms with Crippen LogP contribution in [0.5, 0.6) is 0 Å². The van der Waals surface area contributed by atoms with E-state index < -0.39 is 5.83 Å². The largest absolute Gasteiger partial charge is 0.287 e. The Bertz CT molecular complexity index is 420. The van der Waals surface area contributed by atoms with Gasteiger partial charge in [0.25, 0.3) is 0 Å². The number of aliphatic imine (C=N–C) groups is 1. The van der Waals surface area contributed by atoms with Gasteiger partial charge < -0.3 is 0 Å². The minimum atomic E-state index is -0.477. The van der Waals surface area contributed by atoms with Crippen LogP contribution in [0.3, 0.4) is 0 Å². The van der Waals surface area contributed by atoms with Crippen molar-refractivity contribution in [3.05, 3.63) is 47.8 Å². The third kappa shape index (κ3) is 1.62. The second-order valence-electron chi connectivity index (χ2n) is 2.99. The van der Waals surface area contributed by atoms with Crippen molar-refractivity contribution in [1.82, 2.24) is 0 Å². The molecule has 1 aliphatic heterocycles. The van der Waals surface area contributed by atoms with Crippen LogP contribution < -0.4 is 0 Å². The summed E-state index contributed by atoms with van der Waals surface area (Å²) in [6.07, 6.45) is 0.995. The molecule has 0 fully saturated rings. The normalized spacial score (nSPS) is 16.2. The molecule has 0 bridgehead atoms. The second kappa shape index (κ2) is 3.54. The van der Waals surface area contributed by atoms with Crippen LogP contribution in [0.15, 0.2) is 47.2 Å². The lowest BCUT2D eigenvalue weighted by atomic mass is 10.0. The van der Waals surface area contributed by atoms with Crippen LogP contribution in [0.2, 0.25) is 0 Å². The van der Waals surface area contributed by atoms with E-state index in [4.69, 9.17) is 0 Å². The van der Waals surface area contributed by atoms with E-state index in [1.165, 1.54) is 0 Å². The lowest BCUT2D eigenvalue weighted by Crippen LogP contribution is -2.17. The van der Waals surface area contributed by atoms with Crippen LogP contribution in [0.4, 0.5) is 4.39 Å². The van der Waals surface area contributed by atoms with Crippen LogP contribution >= 0.6 is 0 Å². The van der Waals surface area contributed by atoms with Crippen molar-refractivity contribution in [3.63, 3.8) is 0 Å². The number of dihydropyridines is 1. The molecule has 0 saturated carbocycles. The van der Waals surface area contributed by atoms with E-state index in [-0.39, 0.29) is 12.3 Å². The van der Waals surface area contributed by atoms with Crippen LogP contribution in [0, 0.1) is 0 Å². The number of benzene rings is 1. The number of hydrogen-bond donors (Lipinski definition) is 0. The molecule has 0 saturated heterocycles. The van der Waals surface area contributed by atoms with Crippen molar-refractivity contribution >= 4 is 11.5 Å². The minimum absolute atomic E-state index is 0.0318. The predicted molar refractivity (Wildman–Crippen MR) is 52.0 cm³/mol. The molecule has 70 valence electrons. The predicted octanol–water partition coefficient (Wildman–Crippen LogP) is 1.91. The highest BCUT2D eigenvalue weighted by Gasteiger charge is 2.16. The van der Waals surface area contributed by atoms with Gasteiger partial charge in [0.15, 0.2) is 0 Å². The average molecular weight is 189 g/mol. The lowest BCUT2D eigenvalue weighted by Gasteiger charge is -2.07. The molecule has 1 aromatic rings. The average Bonchev–Trinajstić information content (AvgIpc) is 2.19. The molecule has 0 aromatic heterocycles. The molecular formula is C11H8FNO. The molecule has 0 unspecified atom stereocenters. The fourth-order valence-corrected chi connectivity index (χ4v) is 1.32. The highest BCUT2D eigenvalue weighted by atomic mass is 19.1. The second-order valence-corrected chi connectivity index (χ2v) is 2.99. The number of allylic oxidation sites excluding steroid dienone is 1. The molecule has 0 amide bonds. The first-order valence-corrected chi connectivity index (χ1v) is 4.27. The molecule has 1 aliphatic rings. The van der Waals surface area contributed by atoms with Crippen LogP contribution in [0.1, 0.15) is 5.56 Å². The minimum Gasteiger partial charge on any atom is -0.287 e. The van der Waals surface area contributed by atoms with Crippen molar-refractivity contribution < 1.29 is 9.18 Å². The molecule has 2 nitrogen and oxygen atoms in total. The Morgan fingerprint density at radius 1 is 1.21 bits per heavy atom. The molecule has 0 aliphatic carbocycles. The molecule has 0 spiro atoms. The van der Waals surface area contributed by atoms with Crippen molar-refractivity contribution in [3.8, 4) is 0 Å². The van der Waals surface area contributed by atoms with E-state index in [2.05, 4.69) is 4.99 Å². The summed E-state index contributed by atoms with van der Waals surface area (Å²) in [5.41, 5.74) is 1.08. The van der Waals surface area contributed by atoms with Gasteiger partial charge in [-0.05, 0) is 0 Å². The Morgan fingerprint density at radius 3 is 2.57 bits per heavy atom. The highest BCUT2D eigenvalue weighted by Crippen LogP contribution is 2.10. The molecule has 0 N–H and O–H groups in total. The van der Waals surface area contributed by atoms with E-state index in [0.717, 1.165) is 11.6 Å². The topological polar surface area (TPSA) is 29.4 Å². The SMILES string of the molecule is O=C1C=C(F)CN=C1c1ccccc1. The summed E-state index contributed by atoms with van der Waals surface area (Å²) in [6.45, 7) is -0.0318. The first-order valence-electron chi connectivity index (χ1n) is 4.27. The number of ketones is 1. The zero-order valence-corrected chi connectivity index (χ0v) is 7.40. The number of rotatable bonds is 1. The molecule has 1 aromatic carbocycles. The van der Waals surface area contributed by atoms with E-state index in [9.17, 15) is 9.18 Å². The number of carbonyl (C=O) groups is 1. The number of halogens is 1. The van der Waals surface area contributed by atoms with Gasteiger partial charge >= 0.3 is 0 Å². The fourth-order valence-electron chi connectivity index (χ4n) is 1.32.